The Hall–Kier alpha value is -4.56. The summed E-state index contributed by atoms with van der Waals surface area (Å²) in [7, 11) is 0.0627. The Bertz CT molecular complexity index is 1880. The minimum atomic E-state index is -3.49. The largest absolute Gasteiger partial charge is 0.494 e. The van der Waals surface area contributed by atoms with Crippen LogP contribution in [-0.2, 0) is 14.8 Å². The molecule has 0 aliphatic carbocycles. The molecular weight excluding hydrogens is 546 g/mol. The van der Waals surface area contributed by atoms with E-state index in [0.717, 1.165) is 31.3 Å². The van der Waals surface area contributed by atoms with Crippen LogP contribution in [0.15, 0.2) is 55.1 Å². The number of nitrogens with one attached hydrogen (secondary N) is 2. The quantitative estimate of drug-likeness (QED) is 0.285. The molecule has 0 spiro atoms. The molecule has 5 heterocycles. The van der Waals surface area contributed by atoms with Crippen molar-refractivity contribution in [3.8, 4) is 22.7 Å². The number of fused-ring (bicyclic) bond motifs is 2. The second-order valence-electron chi connectivity index (χ2n) is 10.2. The van der Waals surface area contributed by atoms with E-state index in [2.05, 4.69) is 37.1 Å². The number of amides is 1. The third-order valence-corrected chi connectivity index (χ3v) is 7.66. The maximum Gasteiger partial charge on any atom is 0.229 e. The van der Waals surface area contributed by atoms with Gasteiger partial charge in [-0.15, -0.1) is 5.10 Å². The zero-order valence-corrected chi connectivity index (χ0v) is 23.6. The van der Waals surface area contributed by atoms with Crippen molar-refractivity contribution in [1.29, 1.82) is 0 Å². The maximum absolute atomic E-state index is 13.1. The zero-order valence-electron chi connectivity index (χ0n) is 22.8. The zero-order chi connectivity index (χ0) is 28.7. The van der Waals surface area contributed by atoms with Gasteiger partial charge in [-0.05, 0) is 50.2 Å². The first-order valence-corrected chi connectivity index (χ1v) is 14.9. The highest BCUT2D eigenvalue weighted by molar-refractivity contribution is 7.92. The number of benzene rings is 1. The molecule has 6 rings (SSSR count). The lowest BCUT2D eigenvalue weighted by Crippen LogP contribution is -2.19. The number of sulfonamides is 1. The normalized spacial score (nSPS) is 15.9. The number of aromatic nitrogens is 6. The van der Waals surface area contributed by atoms with Gasteiger partial charge in [0, 0.05) is 37.6 Å². The lowest BCUT2D eigenvalue weighted by Gasteiger charge is -2.12. The minimum absolute atomic E-state index is 0.118. The molecule has 1 fully saturated rings. The van der Waals surface area contributed by atoms with E-state index in [-0.39, 0.29) is 11.8 Å². The molecule has 1 aliphatic heterocycles. The van der Waals surface area contributed by atoms with Crippen LogP contribution < -0.4 is 14.8 Å². The van der Waals surface area contributed by atoms with Crippen molar-refractivity contribution in [2.24, 2.45) is 5.92 Å². The summed E-state index contributed by atoms with van der Waals surface area (Å²) in [6, 6.07) is 8.56. The van der Waals surface area contributed by atoms with E-state index in [1.165, 1.54) is 7.11 Å². The van der Waals surface area contributed by atoms with Crippen molar-refractivity contribution in [2.75, 3.05) is 43.5 Å². The number of carbonyl (C=O) groups excluding carboxylic acids is 1. The summed E-state index contributed by atoms with van der Waals surface area (Å²) in [6.45, 7) is 1.86. The average molecular weight is 576 g/mol. The molecule has 4 aromatic heterocycles. The van der Waals surface area contributed by atoms with Gasteiger partial charge in [0.05, 0.1) is 47.4 Å². The summed E-state index contributed by atoms with van der Waals surface area (Å²) < 4.78 is 35.0. The van der Waals surface area contributed by atoms with Crippen molar-refractivity contribution < 1.29 is 17.9 Å². The van der Waals surface area contributed by atoms with Crippen LogP contribution in [0.25, 0.3) is 33.5 Å². The highest BCUT2D eigenvalue weighted by atomic mass is 32.2. The van der Waals surface area contributed by atoms with Gasteiger partial charge in [0.15, 0.2) is 11.5 Å². The molecule has 1 aliphatic rings. The summed E-state index contributed by atoms with van der Waals surface area (Å²) in [6.07, 6.45) is 9.32. The van der Waals surface area contributed by atoms with Gasteiger partial charge >= 0.3 is 0 Å². The molecule has 1 atom stereocenters. The SMILES string of the molecule is COc1cc(NS(C)(=O)=O)ccc1-n1nc(NC(=O)CC2CCN(C)C2)c2cnc(-c3cnn4cccnc34)cc21. The molecule has 14 heteroatoms. The molecule has 1 unspecified atom stereocenters. The number of hydrogen-bond donors (Lipinski definition) is 2. The van der Waals surface area contributed by atoms with Gasteiger partial charge in [-0.1, -0.05) is 0 Å². The molecule has 0 bridgehead atoms. The van der Waals surface area contributed by atoms with Crippen LogP contribution in [0.4, 0.5) is 11.5 Å². The Morgan fingerprint density at radius 1 is 1.20 bits per heavy atom. The Morgan fingerprint density at radius 3 is 2.80 bits per heavy atom. The number of anilines is 2. The van der Waals surface area contributed by atoms with Crippen LogP contribution in [0.1, 0.15) is 12.8 Å². The van der Waals surface area contributed by atoms with Gasteiger partial charge in [0.1, 0.15) is 11.4 Å². The van der Waals surface area contributed by atoms with E-state index < -0.39 is 10.0 Å². The average Bonchev–Trinajstić information content (AvgIpc) is 3.64. The Labute approximate surface area is 236 Å². The lowest BCUT2D eigenvalue weighted by molar-refractivity contribution is -0.117. The van der Waals surface area contributed by atoms with Crippen molar-refractivity contribution in [3.05, 3.63) is 55.1 Å². The van der Waals surface area contributed by atoms with Gasteiger partial charge in [0.25, 0.3) is 0 Å². The maximum atomic E-state index is 13.1. The Balaban J connectivity index is 1.45. The highest BCUT2D eigenvalue weighted by Crippen LogP contribution is 2.34. The first-order chi connectivity index (χ1) is 19.7. The Morgan fingerprint density at radius 2 is 2.05 bits per heavy atom. The van der Waals surface area contributed by atoms with Gasteiger partial charge in [0.2, 0.25) is 15.9 Å². The standard InChI is InChI=1S/C27H29N9O4S/c1-34-10-7-17(16-34)11-25(37)31-26-20-14-29-21(19-15-30-35-9-4-8-28-27(19)35)13-23(20)36(32-26)22-6-5-18(12-24(22)40-2)33-41(3,38)39/h4-6,8-9,12-15,17,33H,7,10-11,16H2,1-3H3,(H,31,32,37). The fourth-order valence-corrected chi connectivity index (χ4v) is 5.76. The van der Waals surface area contributed by atoms with E-state index in [4.69, 9.17) is 9.84 Å². The smallest absolute Gasteiger partial charge is 0.229 e. The summed E-state index contributed by atoms with van der Waals surface area (Å²) >= 11 is 0. The van der Waals surface area contributed by atoms with E-state index in [0.29, 0.717) is 51.6 Å². The van der Waals surface area contributed by atoms with Crippen molar-refractivity contribution in [1.82, 2.24) is 34.3 Å². The van der Waals surface area contributed by atoms with E-state index >= 15 is 0 Å². The van der Waals surface area contributed by atoms with Crippen LogP contribution in [0.2, 0.25) is 0 Å². The van der Waals surface area contributed by atoms with Gasteiger partial charge in [-0.3, -0.25) is 14.5 Å². The first-order valence-electron chi connectivity index (χ1n) is 13.0. The molecule has 1 aromatic carbocycles. The number of methoxy groups -OCH3 is 1. The number of carbonyl (C=O) groups is 1. The Kier molecular flexibility index (Phi) is 6.79. The molecule has 0 saturated carbocycles. The van der Waals surface area contributed by atoms with Gasteiger partial charge in [-0.2, -0.15) is 5.10 Å². The molecule has 2 N–H and O–H groups in total. The fraction of sp³-hybridized carbons (Fsp3) is 0.296. The van der Waals surface area contributed by atoms with Crippen molar-refractivity contribution in [2.45, 2.75) is 12.8 Å². The van der Waals surface area contributed by atoms with E-state index in [9.17, 15) is 13.2 Å². The predicted molar refractivity (Wildman–Crippen MR) is 155 cm³/mol. The molecule has 5 aromatic rings. The van der Waals surface area contributed by atoms with Crippen molar-refractivity contribution >= 4 is 44.0 Å². The van der Waals surface area contributed by atoms with Crippen LogP contribution in [0.5, 0.6) is 5.75 Å². The lowest BCUT2D eigenvalue weighted by atomic mass is 10.0. The van der Waals surface area contributed by atoms with E-state index in [1.807, 2.05) is 6.07 Å². The second-order valence-corrected chi connectivity index (χ2v) is 12.0. The molecule has 1 saturated heterocycles. The molecule has 1 amide bonds. The van der Waals surface area contributed by atoms with Gasteiger partial charge in [-0.25, -0.2) is 22.6 Å². The number of pyridine rings is 1. The number of nitrogens with zero attached hydrogens (tertiary/aromatic N) is 7. The monoisotopic (exact) mass is 575 g/mol. The number of ether oxygens (including phenoxy) is 1. The number of rotatable bonds is 8. The first kappa shape index (κ1) is 26.7. The minimum Gasteiger partial charge on any atom is -0.494 e. The number of hydrogen-bond acceptors (Lipinski definition) is 9. The fourth-order valence-electron chi connectivity index (χ4n) is 5.21. The third-order valence-electron chi connectivity index (χ3n) is 7.05. The molecule has 41 heavy (non-hydrogen) atoms. The number of likely N-dealkylation sites (tertiary alicyclic amines) is 1. The summed E-state index contributed by atoms with van der Waals surface area (Å²) in [4.78, 5) is 24.4. The molecule has 0 radical (unpaired) electrons. The predicted octanol–water partition coefficient (Wildman–Crippen LogP) is 2.79. The van der Waals surface area contributed by atoms with Crippen LogP contribution >= 0.6 is 0 Å². The summed E-state index contributed by atoms with van der Waals surface area (Å²) in [5.74, 6) is 0.920. The third kappa shape index (κ3) is 5.43. The van der Waals surface area contributed by atoms with Crippen molar-refractivity contribution in [3.63, 3.8) is 0 Å². The molecule has 212 valence electrons. The van der Waals surface area contributed by atoms with Crippen LogP contribution in [-0.4, -0.2) is 82.1 Å². The van der Waals surface area contributed by atoms with Crippen LogP contribution in [0, 0.1) is 5.92 Å². The molecule has 13 nitrogen and oxygen atoms in total. The summed E-state index contributed by atoms with van der Waals surface area (Å²) in [5, 5.41) is 12.8. The van der Waals surface area contributed by atoms with Crippen LogP contribution in [0.3, 0.4) is 0 Å². The second kappa shape index (κ2) is 10.4. The molecular formula is C27H29N9O4S. The summed E-state index contributed by atoms with van der Waals surface area (Å²) in [5.41, 5.74) is 3.55. The van der Waals surface area contributed by atoms with E-state index in [1.54, 1.807) is 58.3 Å². The van der Waals surface area contributed by atoms with Gasteiger partial charge < -0.3 is 15.0 Å². The highest BCUT2D eigenvalue weighted by Gasteiger charge is 2.24. The topological polar surface area (TPSA) is 149 Å².